The van der Waals surface area contributed by atoms with E-state index in [9.17, 15) is 5.11 Å². The van der Waals surface area contributed by atoms with Gasteiger partial charge in [-0.1, -0.05) is 18.2 Å². The molecule has 1 N–H and O–H groups in total. The minimum Gasteiger partial charge on any atom is -0.392 e. The first-order valence-electron chi connectivity index (χ1n) is 5.86. The van der Waals surface area contributed by atoms with Gasteiger partial charge in [-0.05, 0) is 16.8 Å². The first kappa shape index (κ1) is 11.7. The van der Waals surface area contributed by atoms with Crippen LogP contribution in [0.1, 0.15) is 17.3 Å². The molecule has 1 aromatic carbocycles. The summed E-state index contributed by atoms with van der Waals surface area (Å²) >= 11 is 1.80. The number of rotatable bonds is 3. The van der Waals surface area contributed by atoms with Gasteiger partial charge in [-0.15, -0.1) is 22.0 Å². The summed E-state index contributed by atoms with van der Waals surface area (Å²) in [7, 11) is 1.73. The van der Waals surface area contributed by atoms with E-state index in [0.29, 0.717) is 12.2 Å². The van der Waals surface area contributed by atoms with E-state index in [0.717, 1.165) is 5.75 Å². The van der Waals surface area contributed by atoms with Crippen molar-refractivity contribution in [1.29, 1.82) is 0 Å². The van der Waals surface area contributed by atoms with E-state index in [-0.39, 0.29) is 5.92 Å². The molecule has 0 amide bonds. The summed E-state index contributed by atoms with van der Waals surface area (Å²) in [4.78, 5) is 2.69. The van der Waals surface area contributed by atoms with Crippen molar-refractivity contribution in [3.05, 3.63) is 35.7 Å². The standard InChI is InChI=1S/C12H14N4OS/c1-16-14-12(13-15-16)6-10(17)9-7-18-11-5-3-2-4-8(9)11/h2-5,9-10,17H,6-7H2,1H3. The van der Waals surface area contributed by atoms with Crippen molar-refractivity contribution in [3.63, 3.8) is 0 Å². The summed E-state index contributed by atoms with van der Waals surface area (Å²) in [6.45, 7) is 0. The third kappa shape index (κ3) is 2.13. The SMILES string of the molecule is Cn1nnc(CC(O)C2CSc3ccccc32)n1. The van der Waals surface area contributed by atoms with E-state index in [2.05, 4.69) is 27.5 Å². The molecule has 1 aliphatic rings. The summed E-state index contributed by atoms with van der Waals surface area (Å²) < 4.78 is 0. The molecule has 1 aliphatic heterocycles. The number of fused-ring (bicyclic) bond motifs is 1. The summed E-state index contributed by atoms with van der Waals surface area (Å²) in [5.41, 5.74) is 1.24. The van der Waals surface area contributed by atoms with Crippen LogP contribution in [-0.2, 0) is 13.5 Å². The zero-order chi connectivity index (χ0) is 12.5. The average molecular weight is 262 g/mol. The van der Waals surface area contributed by atoms with Crippen molar-refractivity contribution in [3.8, 4) is 0 Å². The van der Waals surface area contributed by atoms with Crippen molar-refractivity contribution >= 4 is 11.8 Å². The zero-order valence-electron chi connectivity index (χ0n) is 10.0. The van der Waals surface area contributed by atoms with Crippen LogP contribution in [0.3, 0.4) is 0 Å². The predicted octanol–water partition coefficient (Wildman–Crippen LogP) is 1.00. The molecular weight excluding hydrogens is 248 g/mol. The molecule has 0 radical (unpaired) electrons. The quantitative estimate of drug-likeness (QED) is 0.894. The fourth-order valence-corrected chi connectivity index (χ4v) is 3.56. The van der Waals surface area contributed by atoms with Gasteiger partial charge >= 0.3 is 0 Å². The zero-order valence-corrected chi connectivity index (χ0v) is 10.8. The highest BCUT2D eigenvalue weighted by atomic mass is 32.2. The lowest BCUT2D eigenvalue weighted by molar-refractivity contribution is 0.149. The van der Waals surface area contributed by atoms with E-state index in [1.807, 2.05) is 12.1 Å². The smallest absolute Gasteiger partial charge is 0.177 e. The summed E-state index contributed by atoms with van der Waals surface area (Å²) in [5, 5.41) is 22.1. The second kappa shape index (κ2) is 4.70. The Morgan fingerprint density at radius 1 is 1.50 bits per heavy atom. The van der Waals surface area contributed by atoms with Crippen molar-refractivity contribution in [1.82, 2.24) is 20.2 Å². The topological polar surface area (TPSA) is 63.8 Å². The number of hydrogen-bond acceptors (Lipinski definition) is 5. The molecule has 2 aromatic rings. The van der Waals surface area contributed by atoms with Gasteiger partial charge in [0.2, 0.25) is 0 Å². The van der Waals surface area contributed by atoms with Crippen molar-refractivity contribution in [2.75, 3.05) is 5.75 Å². The fourth-order valence-electron chi connectivity index (χ4n) is 2.24. The molecule has 0 saturated heterocycles. The Balaban J connectivity index is 1.76. The number of aliphatic hydroxyl groups is 1. The lowest BCUT2D eigenvalue weighted by Crippen LogP contribution is -2.21. The molecule has 3 rings (SSSR count). The number of tetrazole rings is 1. The highest BCUT2D eigenvalue weighted by Crippen LogP contribution is 2.41. The third-order valence-corrected chi connectivity index (χ3v) is 4.35. The van der Waals surface area contributed by atoms with Crippen molar-refractivity contribution in [2.45, 2.75) is 23.3 Å². The monoisotopic (exact) mass is 262 g/mol. The van der Waals surface area contributed by atoms with Gasteiger partial charge in [0.1, 0.15) is 0 Å². The number of hydrogen-bond donors (Lipinski definition) is 1. The average Bonchev–Trinajstić information content (AvgIpc) is 2.95. The molecule has 6 heteroatoms. The minimum absolute atomic E-state index is 0.162. The van der Waals surface area contributed by atoms with Gasteiger partial charge in [-0.2, -0.15) is 4.80 Å². The van der Waals surface area contributed by atoms with Crippen LogP contribution in [0.5, 0.6) is 0 Å². The van der Waals surface area contributed by atoms with E-state index >= 15 is 0 Å². The van der Waals surface area contributed by atoms with Crippen LogP contribution in [0.15, 0.2) is 29.2 Å². The molecule has 0 bridgehead atoms. The number of nitrogens with zero attached hydrogens (tertiary/aromatic N) is 4. The number of thioether (sulfide) groups is 1. The largest absolute Gasteiger partial charge is 0.392 e. The molecular formula is C12H14N4OS. The molecule has 0 saturated carbocycles. The molecule has 0 aliphatic carbocycles. The molecule has 0 fully saturated rings. The first-order valence-corrected chi connectivity index (χ1v) is 6.85. The Bertz CT molecular complexity index is 557. The van der Waals surface area contributed by atoms with Crippen LogP contribution in [-0.4, -0.2) is 37.2 Å². The van der Waals surface area contributed by atoms with Gasteiger partial charge < -0.3 is 5.11 Å². The molecule has 2 atom stereocenters. The van der Waals surface area contributed by atoms with Crippen molar-refractivity contribution < 1.29 is 5.11 Å². The molecule has 5 nitrogen and oxygen atoms in total. The van der Waals surface area contributed by atoms with Crippen LogP contribution in [0.4, 0.5) is 0 Å². The molecule has 1 aromatic heterocycles. The van der Waals surface area contributed by atoms with E-state index < -0.39 is 6.10 Å². The fraction of sp³-hybridized carbons (Fsp3) is 0.417. The predicted molar refractivity (Wildman–Crippen MR) is 68.4 cm³/mol. The third-order valence-electron chi connectivity index (χ3n) is 3.14. The molecule has 0 spiro atoms. The number of aliphatic hydroxyl groups excluding tert-OH is 1. The highest BCUT2D eigenvalue weighted by Gasteiger charge is 2.29. The Hall–Kier alpha value is -1.40. The molecule has 94 valence electrons. The maximum Gasteiger partial charge on any atom is 0.177 e. The van der Waals surface area contributed by atoms with Crippen LogP contribution >= 0.6 is 11.8 Å². The molecule has 2 heterocycles. The normalized spacial score (nSPS) is 19.8. The summed E-state index contributed by atoms with van der Waals surface area (Å²) in [5.74, 6) is 1.68. The van der Waals surface area contributed by atoms with Gasteiger partial charge in [0.25, 0.3) is 0 Å². The van der Waals surface area contributed by atoms with Crippen molar-refractivity contribution in [2.24, 2.45) is 7.05 Å². The van der Waals surface area contributed by atoms with Crippen LogP contribution < -0.4 is 0 Å². The van der Waals surface area contributed by atoms with Crippen LogP contribution in [0.25, 0.3) is 0 Å². The Kier molecular flexibility index (Phi) is 3.05. The van der Waals surface area contributed by atoms with Gasteiger partial charge in [0.05, 0.1) is 13.2 Å². The lowest BCUT2D eigenvalue weighted by Gasteiger charge is -2.16. The maximum absolute atomic E-state index is 10.3. The maximum atomic E-state index is 10.3. The molecule has 2 unspecified atom stereocenters. The second-order valence-corrected chi connectivity index (χ2v) is 5.48. The molecule has 18 heavy (non-hydrogen) atoms. The Labute approximate surface area is 109 Å². The van der Waals surface area contributed by atoms with E-state index in [4.69, 9.17) is 0 Å². The van der Waals surface area contributed by atoms with E-state index in [1.54, 1.807) is 18.8 Å². The van der Waals surface area contributed by atoms with Crippen LogP contribution in [0.2, 0.25) is 0 Å². The summed E-state index contributed by atoms with van der Waals surface area (Å²) in [6.07, 6.45) is -0.00159. The van der Waals surface area contributed by atoms with Gasteiger partial charge in [-0.3, -0.25) is 0 Å². The minimum atomic E-state index is -0.453. The Morgan fingerprint density at radius 2 is 2.33 bits per heavy atom. The highest BCUT2D eigenvalue weighted by molar-refractivity contribution is 7.99. The van der Waals surface area contributed by atoms with E-state index in [1.165, 1.54) is 15.3 Å². The van der Waals surface area contributed by atoms with Crippen LogP contribution in [0, 0.1) is 0 Å². The van der Waals surface area contributed by atoms with Gasteiger partial charge in [0.15, 0.2) is 5.82 Å². The van der Waals surface area contributed by atoms with Gasteiger partial charge in [-0.25, -0.2) is 0 Å². The second-order valence-electron chi connectivity index (χ2n) is 4.42. The lowest BCUT2D eigenvalue weighted by atomic mass is 9.93. The Morgan fingerprint density at radius 3 is 3.11 bits per heavy atom. The number of benzene rings is 1. The number of aromatic nitrogens is 4. The summed E-state index contributed by atoms with van der Waals surface area (Å²) in [6, 6.07) is 8.25. The number of aryl methyl sites for hydroxylation is 1. The first-order chi connectivity index (χ1) is 8.74. The van der Waals surface area contributed by atoms with Gasteiger partial charge in [0, 0.05) is 23.0 Å².